The maximum Gasteiger partial charge on any atom is 0.123 e. The van der Waals surface area contributed by atoms with Gasteiger partial charge in [-0.2, -0.15) is 0 Å². The molecule has 0 aliphatic heterocycles. The number of halogens is 1. The molecule has 0 radical (unpaired) electrons. The average molecular weight is 281 g/mol. The van der Waals surface area contributed by atoms with Gasteiger partial charge in [0, 0.05) is 11.1 Å². The van der Waals surface area contributed by atoms with Gasteiger partial charge in [0.15, 0.2) is 0 Å². The second-order valence-corrected chi connectivity index (χ2v) is 5.44. The van der Waals surface area contributed by atoms with Gasteiger partial charge < -0.3 is 5.11 Å². The van der Waals surface area contributed by atoms with Gasteiger partial charge in [-0.15, -0.1) is 0 Å². The number of pyridine rings is 1. The summed E-state index contributed by atoms with van der Waals surface area (Å²) >= 11 is 0. The van der Waals surface area contributed by atoms with Crippen molar-refractivity contribution in [3.8, 4) is 0 Å². The number of fused-ring (bicyclic) bond motifs is 1. The lowest BCUT2D eigenvalue weighted by Crippen LogP contribution is -2.22. The van der Waals surface area contributed by atoms with Crippen molar-refractivity contribution in [3.05, 3.63) is 77.2 Å². The van der Waals surface area contributed by atoms with E-state index in [1.165, 1.54) is 12.1 Å². The van der Waals surface area contributed by atoms with E-state index in [0.717, 1.165) is 16.6 Å². The van der Waals surface area contributed by atoms with Gasteiger partial charge in [0.25, 0.3) is 0 Å². The van der Waals surface area contributed by atoms with Crippen LogP contribution in [-0.4, -0.2) is 10.1 Å². The van der Waals surface area contributed by atoms with Gasteiger partial charge in [0.2, 0.25) is 0 Å². The summed E-state index contributed by atoms with van der Waals surface area (Å²) < 4.78 is 13.4. The molecule has 0 fully saturated rings. The quantitative estimate of drug-likeness (QED) is 0.772. The molecule has 21 heavy (non-hydrogen) atoms. The first kappa shape index (κ1) is 13.7. The van der Waals surface area contributed by atoms with Crippen molar-refractivity contribution in [1.29, 1.82) is 0 Å². The monoisotopic (exact) mass is 281 g/mol. The summed E-state index contributed by atoms with van der Waals surface area (Å²) in [6.45, 7) is 3.61. The Labute approximate surface area is 122 Å². The molecule has 3 rings (SSSR count). The minimum Gasteiger partial charge on any atom is -0.381 e. The van der Waals surface area contributed by atoms with E-state index >= 15 is 0 Å². The fourth-order valence-corrected chi connectivity index (χ4v) is 2.49. The third-order valence-electron chi connectivity index (χ3n) is 3.78. The summed E-state index contributed by atoms with van der Waals surface area (Å²) in [4.78, 5) is 4.44. The Morgan fingerprint density at radius 1 is 1.00 bits per heavy atom. The molecule has 0 saturated heterocycles. The highest BCUT2D eigenvalue weighted by atomic mass is 19.1. The van der Waals surface area contributed by atoms with Gasteiger partial charge in [-0.25, -0.2) is 4.39 Å². The molecule has 3 aromatic rings. The van der Waals surface area contributed by atoms with Crippen molar-refractivity contribution in [2.24, 2.45) is 0 Å². The molecule has 2 nitrogen and oxygen atoms in total. The summed E-state index contributed by atoms with van der Waals surface area (Å²) in [5.41, 5.74) is 1.83. The molecular formula is C18H16FNO. The lowest BCUT2D eigenvalue weighted by Gasteiger charge is -2.25. The number of aliphatic hydroxyl groups is 1. The molecule has 0 aliphatic rings. The van der Waals surface area contributed by atoms with Crippen LogP contribution < -0.4 is 0 Å². The van der Waals surface area contributed by atoms with Crippen LogP contribution in [0, 0.1) is 12.7 Å². The van der Waals surface area contributed by atoms with E-state index in [9.17, 15) is 9.50 Å². The van der Waals surface area contributed by atoms with E-state index in [-0.39, 0.29) is 5.82 Å². The Kier molecular flexibility index (Phi) is 3.22. The van der Waals surface area contributed by atoms with Crippen molar-refractivity contribution < 1.29 is 9.50 Å². The number of hydrogen-bond acceptors (Lipinski definition) is 2. The predicted octanol–water partition coefficient (Wildman–Crippen LogP) is 3.94. The standard InChI is InChI=1S/C18H16FNO/c1-12-6-7-13-10-15(8-9-17(13)20-12)18(2,21)14-4-3-5-16(19)11-14/h3-11,21H,1-2H3. The van der Waals surface area contributed by atoms with Crippen LogP contribution in [0.15, 0.2) is 54.6 Å². The minimum absolute atomic E-state index is 0.356. The van der Waals surface area contributed by atoms with Crippen molar-refractivity contribution in [2.45, 2.75) is 19.4 Å². The second kappa shape index (κ2) is 4.93. The zero-order valence-corrected chi connectivity index (χ0v) is 12.0. The van der Waals surface area contributed by atoms with Gasteiger partial charge >= 0.3 is 0 Å². The predicted molar refractivity (Wildman–Crippen MR) is 81.6 cm³/mol. The molecular weight excluding hydrogens is 265 g/mol. The first-order chi connectivity index (χ1) is 9.96. The van der Waals surface area contributed by atoms with E-state index in [4.69, 9.17) is 0 Å². The van der Waals surface area contributed by atoms with Crippen LogP contribution in [0.4, 0.5) is 4.39 Å². The Morgan fingerprint density at radius 2 is 1.76 bits per heavy atom. The highest BCUT2D eigenvalue weighted by Crippen LogP contribution is 2.31. The Hall–Kier alpha value is -2.26. The number of nitrogens with zero attached hydrogens (tertiary/aromatic N) is 1. The topological polar surface area (TPSA) is 33.1 Å². The highest BCUT2D eigenvalue weighted by molar-refractivity contribution is 5.79. The van der Waals surface area contributed by atoms with Gasteiger partial charge in [0.05, 0.1) is 5.52 Å². The summed E-state index contributed by atoms with van der Waals surface area (Å²) in [6, 6.07) is 15.6. The maximum atomic E-state index is 13.4. The number of hydrogen-bond donors (Lipinski definition) is 1. The molecule has 3 heteroatoms. The summed E-state index contributed by atoms with van der Waals surface area (Å²) in [6.07, 6.45) is 0. The van der Waals surface area contributed by atoms with E-state index in [1.54, 1.807) is 19.1 Å². The van der Waals surface area contributed by atoms with Crippen molar-refractivity contribution in [1.82, 2.24) is 4.98 Å². The SMILES string of the molecule is Cc1ccc2cc(C(C)(O)c3cccc(F)c3)ccc2n1. The zero-order chi connectivity index (χ0) is 15.0. The second-order valence-electron chi connectivity index (χ2n) is 5.44. The fraction of sp³-hybridized carbons (Fsp3) is 0.167. The third kappa shape index (κ3) is 2.52. The van der Waals surface area contributed by atoms with Gasteiger partial charge in [-0.05, 0) is 55.3 Å². The molecule has 1 N–H and O–H groups in total. The van der Waals surface area contributed by atoms with Gasteiger partial charge in [-0.1, -0.05) is 24.3 Å². The number of benzene rings is 2. The largest absolute Gasteiger partial charge is 0.381 e. The molecule has 1 unspecified atom stereocenters. The van der Waals surface area contributed by atoms with Crippen LogP contribution in [-0.2, 0) is 5.60 Å². The van der Waals surface area contributed by atoms with Crippen molar-refractivity contribution in [2.75, 3.05) is 0 Å². The molecule has 0 saturated carbocycles. The van der Waals surface area contributed by atoms with Crippen molar-refractivity contribution in [3.63, 3.8) is 0 Å². The third-order valence-corrected chi connectivity index (χ3v) is 3.78. The fourth-order valence-electron chi connectivity index (χ4n) is 2.49. The summed E-state index contributed by atoms with van der Waals surface area (Å²) in [5.74, 6) is -0.356. The van der Waals surface area contributed by atoms with Crippen LogP contribution >= 0.6 is 0 Å². The van der Waals surface area contributed by atoms with E-state index < -0.39 is 5.60 Å². The van der Waals surface area contributed by atoms with Crippen LogP contribution in [0.3, 0.4) is 0 Å². The van der Waals surface area contributed by atoms with E-state index in [1.807, 2.05) is 37.3 Å². The lowest BCUT2D eigenvalue weighted by atomic mass is 9.87. The molecule has 1 heterocycles. The van der Waals surface area contributed by atoms with Crippen LogP contribution in [0.25, 0.3) is 10.9 Å². The first-order valence-electron chi connectivity index (χ1n) is 6.83. The maximum absolute atomic E-state index is 13.4. The molecule has 1 aromatic heterocycles. The number of aromatic nitrogens is 1. The number of aryl methyl sites for hydroxylation is 1. The summed E-state index contributed by atoms with van der Waals surface area (Å²) in [5, 5.41) is 11.8. The number of rotatable bonds is 2. The molecule has 1 atom stereocenters. The molecule has 0 spiro atoms. The normalized spacial score (nSPS) is 14.1. The Bertz CT molecular complexity index is 811. The molecule has 2 aromatic carbocycles. The molecule has 0 aliphatic carbocycles. The van der Waals surface area contributed by atoms with Crippen LogP contribution in [0.5, 0.6) is 0 Å². The molecule has 0 bridgehead atoms. The van der Waals surface area contributed by atoms with E-state index in [0.29, 0.717) is 11.1 Å². The zero-order valence-electron chi connectivity index (χ0n) is 12.0. The van der Waals surface area contributed by atoms with Crippen LogP contribution in [0.2, 0.25) is 0 Å². The average Bonchev–Trinajstić information content (AvgIpc) is 2.46. The molecule has 106 valence electrons. The van der Waals surface area contributed by atoms with Gasteiger partial charge in [0.1, 0.15) is 11.4 Å². The smallest absolute Gasteiger partial charge is 0.123 e. The lowest BCUT2D eigenvalue weighted by molar-refractivity contribution is 0.102. The van der Waals surface area contributed by atoms with Crippen LogP contribution in [0.1, 0.15) is 23.7 Å². The van der Waals surface area contributed by atoms with Crippen molar-refractivity contribution >= 4 is 10.9 Å². The summed E-state index contributed by atoms with van der Waals surface area (Å²) in [7, 11) is 0. The molecule has 0 amide bonds. The highest BCUT2D eigenvalue weighted by Gasteiger charge is 2.26. The Morgan fingerprint density at radius 3 is 2.52 bits per heavy atom. The van der Waals surface area contributed by atoms with E-state index in [2.05, 4.69) is 4.98 Å². The Balaban J connectivity index is 2.12. The first-order valence-corrected chi connectivity index (χ1v) is 6.83. The van der Waals surface area contributed by atoms with Gasteiger partial charge in [-0.3, -0.25) is 4.98 Å². The minimum atomic E-state index is -1.25.